The molecule has 4 aromatic rings. The van der Waals surface area contributed by atoms with Crippen LogP contribution in [0.2, 0.25) is 0 Å². The van der Waals surface area contributed by atoms with Gasteiger partial charge in [-0.15, -0.1) is 0 Å². The molecule has 0 radical (unpaired) electrons. The number of aromatic amines is 2. The fraction of sp³-hybridized carbons (Fsp3) is 0.512. The molecule has 2 saturated heterocycles. The minimum atomic E-state index is -0.639. The third-order valence-corrected chi connectivity index (χ3v) is 11.7. The number of imidazole rings is 2. The second-order valence-electron chi connectivity index (χ2n) is 15.6. The summed E-state index contributed by atoms with van der Waals surface area (Å²) in [5.41, 5.74) is 6.73. The molecule has 3 aliphatic heterocycles. The van der Waals surface area contributed by atoms with E-state index in [0.29, 0.717) is 32.1 Å². The summed E-state index contributed by atoms with van der Waals surface area (Å²) >= 11 is 0. The maximum Gasteiger partial charge on any atom is 0.407 e. The molecule has 2 bridgehead atoms. The molecule has 2 aromatic carbocycles. The van der Waals surface area contributed by atoms with Gasteiger partial charge in [-0.1, -0.05) is 88.6 Å². The Morgan fingerprint density at radius 1 is 0.818 bits per heavy atom. The molecule has 2 aromatic heterocycles. The number of amides is 3. The Balaban J connectivity index is 1.08. The number of ether oxygens (including phenoxy) is 2. The van der Waals surface area contributed by atoms with Gasteiger partial charge in [-0.05, 0) is 55.6 Å². The van der Waals surface area contributed by atoms with Gasteiger partial charge in [0, 0.05) is 42.9 Å². The Labute approximate surface area is 323 Å². The van der Waals surface area contributed by atoms with Crippen molar-refractivity contribution in [1.29, 1.82) is 0 Å². The van der Waals surface area contributed by atoms with Crippen LogP contribution in [0, 0.1) is 11.8 Å². The maximum atomic E-state index is 13.9. The Hall–Kier alpha value is -4.97. The van der Waals surface area contributed by atoms with Gasteiger partial charge in [-0.25, -0.2) is 14.8 Å². The van der Waals surface area contributed by atoms with Crippen LogP contribution < -0.4 is 5.32 Å². The third-order valence-electron chi connectivity index (χ3n) is 11.7. The van der Waals surface area contributed by atoms with Crippen molar-refractivity contribution in [2.75, 3.05) is 26.8 Å². The summed E-state index contributed by atoms with van der Waals surface area (Å²) in [7, 11) is 1.32. The second-order valence-corrected chi connectivity index (χ2v) is 15.6. The predicted molar refractivity (Wildman–Crippen MR) is 210 cm³/mol. The van der Waals surface area contributed by atoms with E-state index in [1.165, 1.54) is 7.11 Å². The summed E-state index contributed by atoms with van der Waals surface area (Å²) in [5, 5.41) is 2.79. The molecule has 0 saturated carbocycles. The number of fused-ring (bicyclic) bond motifs is 4. The number of alkyl carbamates (subject to hydrolysis) is 1. The molecule has 4 atom stereocenters. The molecule has 3 aliphatic rings. The lowest BCUT2D eigenvalue weighted by molar-refractivity contribution is -0.137. The highest BCUT2D eigenvalue weighted by Crippen LogP contribution is 2.36. The van der Waals surface area contributed by atoms with Gasteiger partial charge in [0.1, 0.15) is 17.7 Å². The first kappa shape index (κ1) is 38.3. The SMILES string of the molecule is COC(=O)N[C@H]1CCCCCCOCc2[nH]c(nc2-c2ccc(-c3ccc(-c4c[nH]c([C@@H]5CCCN5C(=O)[C@@H](C)C(C)C)n4)cc3)cc2)[C@@H]2CCCN2C1=O. The largest absolute Gasteiger partial charge is 0.453 e. The summed E-state index contributed by atoms with van der Waals surface area (Å²) in [4.78, 5) is 60.1. The standard InChI is InChI=1S/C43H55N7O5/c1-27(2)28(3)41(51)49-22-9-12-36(49)39-44-25-34(45-39)31-18-14-29(15-19-31)30-16-20-32(21-17-30)38-35-26-55-24-8-6-5-7-11-33(47-43(53)54-4)42(52)50-23-10-13-37(50)40(46-35)48-38/h14-21,25,27-28,33,36-37H,5-13,22-24,26H2,1-4H3,(H,44,45)(H,46,48)(H,47,53)/t28-,33-,36-,37-/m0/s1. The van der Waals surface area contributed by atoms with Crippen molar-refractivity contribution in [3.05, 3.63) is 72.1 Å². The molecular weight excluding hydrogens is 695 g/mol. The Bertz CT molecular complexity index is 1930. The Kier molecular flexibility index (Phi) is 12.0. The number of aromatic nitrogens is 4. The van der Waals surface area contributed by atoms with E-state index in [2.05, 4.69) is 77.7 Å². The van der Waals surface area contributed by atoms with Crippen LogP contribution in [0.3, 0.4) is 0 Å². The highest BCUT2D eigenvalue weighted by atomic mass is 16.5. The molecule has 3 amide bonds. The molecule has 292 valence electrons. The summed E-state index contributed by atoms with van der Waals surface area (Å²) in [6.07, 6.45) is 9.15. The first-order valence-electron chi connectivity index (χ1n) is 20.1. The highest BCUT2D eigenvalue weighted by Gasteiger charge is 2.37. The zero-order valence-electron chi connectivity index (χ0n) is 32.6. The number of hydrogen-bond donors (Lipinski definition) is 3. The van der Waals surface area contributed by atoms with Gasteiger partial charge in [0.05, 0.1) is 42.9 Å². The monoisotopic (exact) mass is 749 g/mol. The predicted octanol–water partition coefficient (Wildman–Crippen LogP) is 7.96. The fourth-order valence-corrected chi connectivity index (χ4v) is 8.16. The van der Waals surface area contributed by atoms with Gasteiger partial charge in [-0.2, -0.15) is 0 Å². The van der Waals surface area contributed by atoms with Crippen LogP contribution in [-0.4, -0.2) is 80.5 Å². The number of H-pyrrole nitrogens is 2. The van der Waals surface area contributed by atoms with Gasteiger partial charge in [0.15, 0.2) is 0 Å². The molecule has 3 N–H and O–H groups in total. The van der Waals surface area contributed by atoms with Crippen LogP contribution in [0.5, 0.6) is 0 Å². The molecular formula is C43H55N7O5. The quantitative estimate of drug-likeness (QED) is 0.174. The number of nitrogens with one attached hydrogen (secondary N) is 3. The number of likely N-dealkylation sites (tertiary alicyclic amines) is 1. The van der Waals surface area contributed by atoms with Gasteiger partial charge in [0.25, 0.3) is 0 Å². The van der Waals surface area contributed by atoms with Crippen molar-refractivity contribution >= 4 is 17.9 Å². The minimum Gasteiger partial charge on any atom is -0.453 e. The molecule has 12 nitrogen and oxygen atoms in total. The van der Waals surface area contributed by atoms with E-state index in [1.807, 2.05) is 22.9 Å². The van der Waals surface area contributed by atoms with E-state index >= 15 is 0 Å². The molecule has 0 spiro atoms. The molecule has 0 unspecified atom stereocenters. The minimum absolute atomic E-state index is 0.0137. The summed E-state index contributed by atoms with van der Waals surface area (Å²) < 4.78 is 11.0. The van der Waals surface area contributed by atoms with Crippen molar-refractivity contribution in [3.8, 4) is 33.6 Å². The summed E-state index contributed by atoms with van der Waals surface area (Å²) in [6.45, 7) is 8.65. The van der Waals surface area contributed by atoms with Gasteiger partial charge in [-0.3, -0.25) is 9.59 Å². The topological polar surface area (TPSA) is 146 Å². The van der Waals surface area contributed by atoms with E-state index in [4.69, 9.17) is 19.4 Å². The van der Waals surface area contributed by atoms with Crippen LogP contribution in [0.1, 0.15) is 108 Å². The van der Waals surface area contributed by atoms with Crippen LogP contribution in [0.4, 0.5) is 4.79 Å². The van der Waals surface area contributed by atoms with Crippen LogP contribution in [0.15, 0.2) is 54.7 Å². The molecule has 5 heterocycles. The first-order valence-corrected chi connectivity index (χ1v) is 20.1. The zero-order chi connectivity index (χ0) is 38.5. The summed E-state index contributed by atoms with van der Waals surface area (Å²) in [6, 6.07) is 15.9. The number of carbonyl (C=O) groups excluding carboxylic acids is 3. The van der Waals surface area contributed by atoms with Gasteiger partial charge >= 0.3 is 6.09 Å². The smallest absolute Gasteiger partial charge is 0.407 e. The fourth-order valence-electron chi connectivity index (χ4n) is 8.16. The van der Waals surface area contributed by atoms with Crippen molar-refractivity contribution in [3.63, 3.8) is 0 Å². The lowest BCUT2D eigenvalue weighted by Gasteiger charge is -2.28. The average Bonchev–Trinajstić information content (AvgIpc) is 4.04. The van der Waals surface area contributed by atoms with Crippen LogP contribution in [-0.2, 0) is 25.7 Å². The van der Waals surface area contributed by atoms with E-state index in [9.17, 15) is 14.4 Å². The number of methoxy groups -OCH3 is 1. The average molecular weight is 750 g/mol. The van der Waals surface area contributed by atoms with Crippen molar-refractivity contribution in [1.82, 2.24) is 35.1 Å². The van der Waals surface area contributed by atoms with Gasteiger partial charge in [0.2, 0.25) is 11.8 Å². The van der Waals surface area contributed by atoms with E-state index in [0.717, 1.165) is 109 Å². The number of benzene rings is 2. The summed E-state index contributed by atoms with van der Waals surface area (Å²) in [5.74, 6) is 1.99. The van der Waals surface area contributed by atoms with Crippen LogP contribution in [0.25, 0.3) is 33.6 Å². The lowest BCUT2D eigenvalue weighted by atomic mass is 9.96. The van der Waals surface area contributed by atoms with Crippen molar-refractivity contribution in [2.24, 2.45) is 11.8 Å². The maximum absolute atomic E-state index is 13.9. The second kappa shape index (κ2) is 17.2. The number of rotatable bonds is 7. The normalized spacial score (nSPS) is 21.5. The van der Waals surface area contributed by atoms with Crippen molar-refractivity contribution in [2.45, 2.75) is 103 Å². The Morgan fingerprint density at radius 2 is 1.49 bits per heavy atom. The van der Waals surface area contributed by atoms with Crippen LogP contribution >= 0.6 is 0 Å². The first-order chi connectivity index (χ1) is 26.7. The molecule has 7 rings (SSSR count). The molecule has 55 heavy (non-hydrogen) atoms. The van der Waals surface area contributed by atoms with Crippen molar-refractivity contribution < 1.29 is 23.9 Å². The third kappa shape index (κ3) is 8.49. The Morgan fingerprint density at radius 3 is 2.22 bits per heavy atom. The van der Waals surface area contributed by atoms with E-state index in [-0.39, 0.29) is 29.8 Å². The highest BCUT2D eigenvalue weighted by molar-refractivity contribution is 5.86. The van der Waals surface area contributed by atoms with E-state index < -0.39 is 12.1 Å². The number of nitrogens with zero attached hydrogens (tertiary/aromatic N) is 4. The lowest BCUT2D eigenvalue weighted by Crippen LogP contribution is -2.48. The molecule has 0 aliphatic carbocycles. The number of carbonyl (C=O) groups is 3. The molecule has 2 fully saturated rings. The number of hydrogen-bond acceptors (Lipinski definition) is 7. The van der Waals surface area contributed by atoms with Gasteiger partial charge < -0.3 is 34.6 Å². The van der Waals surface area contributed by atoms with E-state index in [1.54, 1.807) is 0 Å². The zero-order valence-corrected chi connectivity index (χ0v) is 32.6. The molecule has 12 heteroatoms.